The largest absolute Gasteiger partial charge is 0.493 e. The predicted molar refractivity (Wildman–Crippen MR) is 68.9 cm³/mol. The summed E-state index contributed by atoms with van der Waals surface area (Å²) in [5.41, 5.74) is 1.06. The van der Waals surface area contributed by atoms with Gasteiger partial charge in [0.15, 0.2) is 11.5 Å². The summed E-state index contributed by atoms with van der Waals surface area (Å²) in [6.07, 6.45) is 1.64. The van der Waals surface area contributed by atoms with E-state index in [1.54, 1.807) is 16.8 Å². The summed E-state index contributed by atoms with van der Waals surface area (Å²) in [6.45, 7) is 2.47. The standard InChI is InChI=1S/C14H15FN2O2/c1-3-17-14(13(19-2)9-16-17)12(18)8-10-5-4-6-11(15)7-10/h4-7,9H,3,8H2,1-2H3. The Hall–Kier alpha value is -2.17. The molecule has 0 unspecified atom stereocenters. The summed E-state index contributed by atoms with van der Waals surface area (Å²) < 4.78 is 19.8. The minimum atomic E-state index is -0.346. The van der Waals surface area contributed by atoms with Gasteiger partial charge in [-0.3, -0.25) is 9.48 Å². The fourth-order valence-electron chi connectivity index (χ4n) is 1.95. The minimum Gasteiger partial charge on any atom is -0.493 e. The summed E-state index contributed by atoms with van der Waals surface area (Å²) in [6, 6.07) is 6.02. The van der Waals surface area contributed by atoms with Crippen LogP contribution in [-0.2, 0) is 13.0 Å². The molecule has 0 saturated heterocycles. The monoisotopic (exact) mass is 262 g/mol. The maximum Gasteiger partial charge on any atom is 0.189 e. The van der Waals surface area contributed by atoms with Gasteiger partial charge in [-0.25, -0.2) is 4.39 Å². The van der Waals surface area contributed by atoms with Gasteiger partial charge in [-0.15, -0.1) is 0 Å². The van der Waals surface area contributed by atoms with Crippen molar-refractivity contribution in [2.45, 2.75) is 19.9 Å². The number of aromatic nitrogens is 2. The Balaban J connectivity index is 2.27. The van der Waals surface area contributed by atoms with Crippen molar-refractivity contribution in [1.82, 2.24) is 9.78 Å². The molecule has 0 saturated carbocycles. The SMILES string of the molecule is CCn1ncc(OC)c1C(=O)Cc1cccc(F)c1. The molecule has 1 aromatic heterocycles. The highest BCUT2D eigenvalue weighted by molar-refractivity contribution is 5.98. The van der Waals surface area contributed by atoms with Gasteiger partial charge >= 0.3 is 0 Å². The lowest BCUT2D eigenvalue weighted by molar-refractivity contribution is 0.0979. The molecule has 0 fully saturated rings. The molecule has 1 heterocycles. The van der Waals surface area contributed by atoms with Gasteiger partial charge in [0.1, 0.15) is 11.5 Å². The average molecular weight is 262 g/mol. The van der Waals surface area contributed by atoms with Gasteiger partial charge in [-0.1, -0.05) is 12.1 Å². The molecule has 2 rings (SSSR count). The van der Waals surface area contributed by atoms with Crippen molar-refractivity contribution in [2.24, 2.45) is 0 Å². The highest BCUT2D eigenvalue weighted by Crippen LogP contribution is 2.20. The Morgan fingerprint density at radius 1 is 1.47 bits per heavy atom. The maximum absolute atomic E-state index is 13.1. The molecule has 0 atom stereocenters. The van der Waals surface area contributed by atoms with E-state index in [1.807, 2.05) is 6.92 Å². The number of nitrogens with zero attached hydrogens (tertiary/aromatic N) is 2. The van der Waals surface area contributed by atoms with E-state index < -0.39 is 0 Å². The van der Waals surface area contributed by atoms with Gasteiger partial charge in [0.05, 0.1) is 13.3 Å². The first-order valence-electron chi connectivity index (χ1n) is 6.03. The third kappa shape index (κ3) is 2.81. The minimum absolute atomic E-state index is 0.125. The van der Waals surface area contributed by atoms with Crippen LogP contribution >= 0.6 is 0 Å². The molecule has 1 aromatic carbocycles. The van der Waals surface area contributed by atoms with Crippen LogP contribution < -0.4 is 4.74 Å². The first-order chi connectivity index (χ1) is 9.15. The third-order valence-electron chi connectivity index (χ3n) is 2.84. The molecule has 0 spiro atoms. The number of benzene rings is 1. The maximum atomic E-state index is 13.1. The molecular formula is C14H15FN2O2. The fraction of sp³-hybridized carbons (Fsp3) is 0.286. The number of rotatable bonds is 5. The number of ketones is 1. The number of hydrogen-bond donors (Lipinski definition) is 0. The summed E-state index contributed by atoms with van der Waals surface area (Å²) >= 11 is 0. The molecule has 2 aromatic rings. The topological polar surface area (TPSA) is 44.1 Å². The highest BCUT2D eigenvalue weighted by atomic mass is 19.1. The summed E-state index contributed by atoms with van der Waals surface area (Å²) in [7, 11) is 1.50. The Morgan fingerprint density at radius 2 is 2.26 bits per heavy atom. The van der Waals surface area contributed by atoms with Crippen molar-refractivity contribution in [1.29, 1.82) is 0 Å². The predicted octanol–water partition coefficient (Wildman–Crippen LogP) is 2.48. The smallest absolute Gasteiger partial charge is 0.189 e. The van der Waals surface area contributed by atoms with Gasteiger partial charge in [0, 0.05) is 13.0 Å². The number of aryl methyl sites for hydroxylation is 1. The van der Waals surface area contributed by atoms with Crippen LogP contribution in [0.15, 0.2) is 30.5 Å². The number of halogens is 1. The van der Waals surface area contributed by atoms with Crippen molar-refractivity contribution in [2.75, 3.05) is 7.11 Å². The Bertz CT molecular complexity index is 571. The van der Waals surface area contributed by atoms with Gasteiger partial charge in [-0.05, 0) is 24.6 Å². The number of hydrogen-bond acceptors (Lipinski definition) is 3. The van der Waals surface area contributed by atoms with Crippen molar-refractivity contribution in [3.8, 4) is 5.75 Å². The molecule has 0 amide bonds. The van der Waals surface area contributed by atoms with Gasteiger partial charge in [-0.2, -0.15) is 5.10 Å². The Labute approximate surface area is 110 Å². The van der Waals surface area contributed by atoms with Gasteiger partial charge in [0.25, 0.3) is 0 Å². The van der Waals surface area contributed by atoms with E-state index >= 15 is 0 Å². The Kier molecular flexibility index (Phi) is 3.94. The van der Waals surface area contributed by atoms with Gasteiger partial charge < -0.3 is 4.74 Å². The summed E-state index contributed by atoms with van der Waals surface area (Å²) in [5.74, 6) is -0.0358. The fourth-order valence-corrected chi connectivity index (χ4v) is 1.95. The second-order valence-electron chi connectivity index (χ2n) is 4.11. The quantitative estimate of drug-likeness (QED) is 0.777. The highest BCUT2D eigenvalue weighted by Gasteiger charge is 2.19. The molecule has 5 heteroatoms. The van der Waals surface area contributed by atoms with Crippen LogP contribution in [0.1, 0.15) is 23.0 Å². The first kappa shape index (κ1) is 13.3. The molecular weight excluding hydrogens is 247 g/mol. The molecule has 19 heavy (non-hydrogen) atoms. The van der Waals surface area contributed by atoms with Crippen LogP contribution in [0, 0.1) is 5.82 Å². The van der Waals surface area contributed by atoms with Crippen molar-refractivity contribution < 1.29 is 13.9 Å². The van der Waals surface area contributed by atoms with Crippen LogP contribution in [0.25, 0.3) is 0 Å². The second kappa shape index (κ2) is 5.65. The third-order valence-corrected chi connectivity index (χ3v) is 2.84. The summed E-state index contributed by atoms with van der Waals surface area (Å²) in [5, 5.41) is 4.08. The van der Waals surface area contributed by atoms with E-state index in [2.05, 4.69) is 5.10 Å². The molecule has 100 valence electrons. The molecule has 0 aliphatic rings. The van der Waals surface area contributed by atoms with E-state index in [-0.39, 0.29) is 18.0 Å². The van der Waals surface area contributed by atoms with E-state index in [1.165, 1.54) is 25.4 Å². The molecule has 4 nitrogen and oxygen atoms in total. The van der Waals surface area contributed by atoms with Crippen LogP contribution in [0.2, 0.25) is 0 Å². The van der Waals surface area contributed by atoms with E-state index in [0.29, 0.717) is 23.6 Å². The second-order valence-corrected chi connectivity index (χ2v) is 4.11. The molecule has 0 aliphatic heterocycles. The Morgan fingerprint density at radius 3 is 2.89 bits per heavy atom. The van der Waals surface area contributed by atoms with Crippen LogP contribution in [0.5, 0.6) is 5.75 Å². The zero-order chi connectivity index (χ0) is 13.8. The van der Waals surface area contributed by atoms with E-state index in [0.717, 1.165) is 0 Å². The molecule has 0 aliphatic carbocycles. The van der Waals surface area contributed by atoms with Crippen LogP contribution in [0.4, 0.5) is 4.39 Å². The lowest BCUT2D eigenvalue weighted by atomic mass is 10.1. The number of methoxy groups -OCH3 is 1. The molecule has 0 bridgehead atoms. The number of Topliss-reactive ketones (excluding diaryl/α,β-unsaturated/α-hetero) is 1. The van der Waals surface area contributed by atoms with Crippen molar-refractivity contribution in [3.05, 3.63) is 47.5 Å². The molecule has 0 radical (unpaired) electrons. The summed E-state index contributed by atoms with van der Waals surface area (Å²) in [4.78, 5) is 12.3. The first-order valence-corrected chi connectivity index (χ1v) is 6.03. The zero-order valence-corrected chi connectivity index (χ0v) is 10.9. The van der Waals surface area contributed by atoms with E-state index in [4.69, 9.17) is 4.74 Å². The normalized spacial score (nSPS) is 10.5. The molecule has 0 N–H and O–H groups in total. The number of ether oxygens (including phenoxy) is 1. The van der Waals surface area contributed by atoms with Gasteiger partial charge in [0.2, 0.25) is 0 Å². The zero-order valence-electron chi connectivity index (χ0n) is 10.9. The number of carbonyl (C=O) groups excluding carboxylic acids is 1. The van der Waals surface area contributed by atoms with Crippen LogP contribution in [-0.4, -0.2) is 22.7 Å². The van der Waals surface area contributed by atoms with Crippen molar-refractivity contribution in [3.63, 3.8) is 0 Å². The van der Waals surface area contributed by atoms with E-state index in [9.17, 15) is 9.18 Å². The average Bonchev–Trinajstić information content (AvgIpc) is 2.81. The lowest BCUT2D eigenvalue weighted by Gasteiger charge is -2.06. The number of carbonyl (C=O) groups is 1. The van der Waals surface area contributed by atoms with Crippen molar-refractivity contribution >= 4 is 5.78 Å². The lowest BCUT2D eigenvalue weighted by Crippen LogP contribution is -2.13. The van der Waals surface area contributed by atoms with Crippen LogP contribution in [0.3, 0.4) is 0 Å².